The molecule has 2 heteroatoms. The fourth-order valence-corrected chi connectivity index (χ4v) is 0.935. The fourth-order valence-electron chi connectivity index (χ4n) is 0.935. The molecule has 0 radical (unpaired) electrons. The van der Waals surface area contributed by atoms with Crippen molar-refractivity contribution in [3.8, 4) is 0 Å². The van der Waals surface area contributed by atoms with Crippen molar-refractivity contribution in [2.45, 2.75) is 39.5 Å². The van der Waals surface area contributed by atoms with Gasteiger partial charge < -0.3 is 4.74 Å². The van der Waals surface area contributed by atoms with Crippen molar-refractivity contribution in [1.29, 1.82) is 0 Å². The molecule has 0 N–H and O–H groups in total. The van der Waals surface area contributed by atoms with Crippen molar-refractivity contribution in [3.05, 3.63) is 24.3 Å². The third kappa shape index (κ3) is 9.04. The normalized spacial score (nSPS) is 11.3. The molecule has 0 atom stereocenters. The predicted molar refractivity (Wildman–Crippen MR) is 59.1 cm³/mol. The van der Waals surface area contributed by atoms with Gasteiger partial charge in [0.1, 0.15) is 0 Å². The lowest BCUT2D eigenvalue weighted by Crippen LogP contribution is -2.01. The van der Waals surface area contributed by atoms with Crippen molar-refractivity contribution < 1.29 is 9.53 Å². The standard InChI is InChI=1S/C12H20O2/c1-3-5-7-9-11-14-12(13)10-8-6-4-2/h3,5,8,10H,4,6-7,9,11H2,1-2H3/b5-3-,10-8+. The Labute approximate surface area is 86.6 Å². The fraction of sp³-hybridized carbons (Fsp3) is 0.583. The van der Waals surface area contributed by atoms with Crippen LogP contribution in [-0.2, 0) is 9.53 Å². The number of carbonyl (C=O) groups excluding carboxylic acids is 1. The molecule has 2 nitrogen and oxygen atoms in total. The molecule has 0 rings (SSSR count). The van der Waals surface area contributed by atoms with Gasteiger partial charge in [0.05, 0.1) is 6.61 Å². The van der Waals surface area contributed by atoms with Crippen LogP contribution in [-0.4, -0.2) is 12.6 Å². The summed E-state index contributed by atoms with van der Waals surface area (Å²) in [5.41, 5.74) is 0. The summed E-state index contributed by atoms with van der Waals surface area (Å²) in [4.78, 5) is 11.0. The van der Waals surface area contributed by atoms with Gasteiger partial charge in [0.25, 0.3) is 0 Å². The number of ether oxygens (including phenoxy) is 1. The third-order valence-corrected chi connectivity index (χ3v) is 1.70. The SMILES string of the molecule is C/C=C\CCCOC(=O)/C=C/CCC. The van der Waals surface area contributed by atoms with Gasteiger partial charge in [-0.05, 0) is 26.2 Å². The molecular formula is C12H20O2. The Balaban J connectivity index is 3.35. The van der Waals surface area contributed by atoms with Crippen LogP contribution in [0.4, 0.5) is 0 Å². The average molecular weight is 196 g/mol. The van der Waals surface area contributed by atoms with Crippen molar-refractivity contribution in [2.24, 2.45) is 0 Å². The van der Waals surface area contributed by atoms with Crippen molar-refractivity contribution in [2.75, 3.05) is 6.61 Å². The summed E-state index contributed by atoms with van der Waals surface area (Å²) in [6.45, 7) is 4.58. The first-order chi connectivity index (χ1) is 6.81. The van der Waals surface area contributed by atoms with E-state index in [-0.39, 0.29) is 5.97 Å². The Morgan fingerprint density at radius 2 is 2.07 bits per heavy atom. The molecule has 0 aliphatic heterocycles. The summed E-state index contributed by atoms with van der Waals surface area (Å²) in [6, 6.07) is 0. The van der Waals surface area contributed by atoms with Gasteiger partial charge in [-0.15, -0.1) is 0 Å². The Hall–Kier alpha value is -1.05. The highest BCUT2D eigenvalue weighted by Crippen LogP contribution is 1.94. The van der Waals surface area contributed by atoms with E-state index in [0.29, 0.717) is 6.61 Å². The highest BCUT2D eigenvalue weighted by atomic mass is 16.5. The second-order valence-corrected chi connectivity index (χ2v) is 3.07. The highest BCUT2D eigenvalue weighted by molar-refractivity contribution is 5.81. The van der Waals surface area contributed by atoms with Gasteiger partial charge in [-0.2, -0.15) is 0 Å². The second-order valence-electron chi connectivity index (χ2n) is 3.07. The second kappa shape index (κ2) is 10.0. The van der Waals surface area contributed by atoms with Crippen molar-refractivity contribution in [1.82, 2.24) is 0 Å². The van der Waals surface area contributed by atoms with E-state index in [4.69, 9.17) is 4.74 Å². The first-order valence-corrected chi connectivity index (χ1v) is 5.25. The van der Waals surface area contributed by atoms with E-state index in [1.54, 1.807) is 0 Å². The van der Waals surface area contributed by atoms with Gasteiger partial charge in [-0.1, -0.05) is 31.6 Å². The van der Waals surface area contributed by atoms with E-state index in [1.165, 1.54) is 6.08 Å². The zero-order chi connectivity index (χ0) is 10.6. The summed E-state index contributed by atoms with van der Waals surface area (Å²) < 4.78 is 4.98. The molecule has 0 spiro atoms. The first-order valence-electron chi connectivity index (χ1n) is 5.25. The first kappa shape index (κ1) is 12.9. The Morgan fingerprint density at radius 3 is 2.71 bits per heavy atom. The van der Waals surface area contributed by atoms with Crippen LogP contribution in [0, 0.1) is 0 Å². The van der Waals surface area contributed by atoms with Gasteiger partial charge in [0.15, 0.2) is 0 Å². The number of rotatable bonds is 7. The molecule has 14 heavy (non-hydrogen) atoms. The topological polar surface area (TPSA) is 26.3 Å². The minimum Gasteiger partial charge on any atom is -0.463 e. The van der Waals surface area contributed by atoms with E-state index < -0.39 is 0 Å². The van der Waals surface area contributed by atoms with E-state index >= 15 is 0 Å². The molecule has 0 aromatic carbocycles. The van der Waals surface area contributed by atoms with Crippen LogP contribution in [0.5, 0.6) is 0 Å². The Kier molecular flexibility index (Phi) is 9.28. The molecule has 80 valence electrons. The number of unbranched alkanes of at least 4 members (excludes halogenated alkanes) is 2. The molecule has 0 amide bonds. The molecule has 0 aromatic heterocycles. The minimum atomic E-state index is -0.223. The molecular weight excluding hydrogens is 176 g/mol. The maximum Gasteiger partial charge on any atom is 0.330 e. The lowest BCUT2D eigenvalue weighted by atomic mass is 10.3. The molecule has 0 fully saturated rings. The number of hydrogen-bond donors (Lipinski definition) is 0. The molecule has 0 heterocycles. The molecule has 0 aromatic rings. The van der Waals surface area contributed by atoms with Crippen LogP contribution >= 0.6 is 0 Å². The summed E-state index contributed by atoms with van der Waals surface area (Å²) >= 11 is 0. The van der Waals surface area contributed by atoms with E-state index in [9.17, 15) is 4.79 Å². The lowest BCUT2D eigenvalue weighted by molar-refractivity contribution is -0.137. The number of allylic oxidation sites excluding steroid dienone is 3. The number of carbonyl (C=O) groups is 1. The minimum absolute atomic E-state index is 0.223. The molecule has 0 saturated carbocycles. The maximum absolute atomic E-state index is 11.0. The largest absolute Gasteiger partial charge is 0.463 e. The zero-order valence-corrected chi connectivity index (χ0v) is 9.16. The Bertz CT molecular complexity index is 192. The molecule has 0 aliphatic rings. The monoisotopic (exact) mass is 196 g/mol. The van der Waals surface area contributed by atoms with Crippen molar-refractivity contribution in [3.63, 3.8) is 0 Å². The predicted octanol–water partition coefficient (Wildman–Crippen LogP) is 3.24. The van der Waals surface area contributed by atoms with Crippen molar-refractivity contribution >= 4 is 5.97 Å². The van der Waals surface area contributed by atoms with Gasteiger partial charge in [-0.25, -0.2) is 4.79 Å². The van der Waals surface area contributed by atoms with Crippen LogP contribution in [0.25, 0.3) is 0 Å². The van der Waals surface area contributed by atoms with Gasteiger partial charge in [0, 0.05) is 6.08 Å². The van der Waals surface area contributed by atoms with Crippen LogP contribution in [0.15, 0.2) is 24.3 Å². The Morgan fingerprint density at radius 1 is 1.29 bits per heavy atom. The molecule has 0 bridgehead atoms. The van der Waals surface area contributed by atoms with Crippen LogP contribution in [0.3, 0.4) is 0 Å². The molecule has 0 aliphatic carbocycles. The van der Waals surface area contributed by atoms with Crippen LogP contribution in [0.2, 0.25) is 0 Å². The van der Waals surface area contributed by atoms with Crippen LogP contribution < -0.4 is 0 Å². The lowest BCUT2D eigenvalue weighted by Gasteiger charge is -1.99. The summed E-state index contributed by atoms with van der Waals surface area (Å²) in [5.74, 6) is -0.223. The number of hydrogen-bond acceptors (Lipinski definition) is 2. The molecule has 0 saturated heterocycles. The van der Waals surface area contributed by atoms with Gasteiger partial charge in [-0.3, -0.25) is 0 Å². The third-order valence-electron chi connectivity index (χ3n) is 1.70. The average Bonchev–Trinajstić information content (AvgIpc) is 2.18. The van der Waals surface area contributed by atoms with Gasteiger partial charge >= 0.3 is 5.97 Å². The van der Waals surface area contributed by atoms with E-state index in [2.05, 4.69) is 13.0 Å². The summed E-state index contributed by atoms with van der Waals surface area (Å²) in [7, 11) is 0. The summed E-state index contributed by atoms with van der Waals surface area (Å²) in [5, 5.41) is 0. The van der Waals surface area contributed by atoms with Gasteiger partial charge in [0.2, 0.25) is 0 Å². The maximum atomic E-state index is 11.0. The number of esters is 1. The smallest absolute Gasteiger partial charge is 0.330 e. The van der Waals surface area contributed by atoms with Crippen LogP contribution in [0.1, 0.15) is 39.5 Å². The van der Waals surface area contributed by atoms with E-state index in [1.807, 2.05) is 19.1 Å². The van der Waals surface area contributed by atoms with E-state index in [0.717, 1.165) is 25.7 Å². The quantitative estimate of drug-likeness (QED) is 0.270. The molecule has 0 unspecified atom stereocenters. The highest BCUT2D eigenvalue weighted by Gasteiger charge is 1.94. The zero-order valence-electron chi connectivity index (χ0n) is 9.16. The summed E-state index contributed by atoms with van der Waals surface area (Å²) in [6.07, 6.45) is 11.3.